The fourth-order valence-corrected chi connectivity index (χ4v) is 3.96. The van der Waals surface area contributed by atoms with Crippen molar-refractivity contribution in [1.82, 2.24) is 25.4 Å². The van der Waals surface area contributed by atoms with Crippen LogP contribution in [0.3, 0.4) is 0 Å². The predicted octanol–water partition coefficient (Wildman–Crippen LogP) is 3.03. The van der Waals surface area contributed by atoms with Crippen LogP contribution in [0.4, 0.5) is 0 Å². The van der Waals surface area contributed by atoms with Gasteiger partial charge in [-0.2, -0.15) is 5.10 Å². The quantitative estimate of drug-likeness (QED) is 0.741. The molecule has 0 bridgehead atoms. The number of likely N-dealkylation sites (tertiary alicyclic amines) is 1. The van der Waals surface area contributed by atoms with Crippen LogP contribution in [0.2, 0.25) is 5.02 Å². The van der Waals surface area contributed by atoms with Gasteiger partial charge in [-0.15, -0.1) is 0 Å². The minimum Gasteiger partial charge on any atom is -0.350 e. The van der Waals surface area contributed by atoms with Crippen molar-refractivity contribution < 1.29 is 4.79 Å². The first-order chi connectivity index (χ1) is 12.6. The van der Waals surface area contributed by atoms with E-state index in [1.165, 1.54) is 5.56 Å². The maximum Gasteiger partial charge on any atom is 0.272 e. The number of amides is 1. The summed E-state index contributed by atoms with van der Waals surface area (Å²) < 4.78 is 0. The zero-order valence-electron chi connectivity index (χ0n) is 14.4. The second-order valence-corrected chi connectivity index (χ2v) is 7.17. The minimum atomic E-state index is -0.182. The Morgan fingerprint density at radius 3 is 3.12 bits per heavy atom. The molecule has 2 N–H and O–H groups in total. The van der Waals surface area contributed by atoms with Crippen LogP contribution in [0.15, 0.2) is 42.7 Å². The van der Waals surface area contributed by atoms with Crippen LogP contribution < -0.4 is 5.32 Å². The standard InChI is InChI=1S/C19H20ClN5O/c1-25-8-6-13(18(25)12-3-2-7-21-10-12)11-22-19(26)17-15-9-14(20)4-5-16(15)23-24-17/h2-5,7,9-10,13,18H,6,8,11H2,1H3,(H,22,26)(H,23,24)/t13-,18-/m0/s1. The molecule has 3 aromatic rings. The number of carbonyl (C=O) groups excluding carboxylic acids is 1. The normalized spacial score (nSPS) is 20.5. The molecule has 1 saturated heterocycles. The van der Waals surface area contributed by atoms with Gasteiger partial charge in [0.25, 0.3) is 5.91 Å². The Hall–Kier alpha value is -2.44. The summed E-state index contributed by atoms with van der Waals surface area (Å²) in [6, 6.07) is 9.67. The Balaban J connectivity index is 1.49. The number of hydrogen-bond acceptors (Lipinski definition) is 4. The van der Waals surface area contributed by atoms with E-state index >= 15 is 0 Å². The van der Waals surface area contributed by atoms with Gasteiger partial charge in [-0.05, 0) is 55.8 Å². The van der Waals surface area contributed by atoms with E-state index in [9.17, 15) is 4.79 Å². The lowest BCUT2D eigenvalue weighted by Gasteiger charge is -2.25. The summed E-state index contributed by atoms with van der Waals surface area (Å²) in [5.74, 6) is 0.153. The largest absolute Gasteiger partial charge is 0.350 e. The number of halogens is 1. The highest BCUT2D eigenvalue weighted by molar-refractivity contribution is 6.31. The van der Waals surface area contributed by atoms with Crippen molar-refractivity contribution in [2.24, 2.45) is 5.92 Å². The molecule has 7 heteroatoms. The van der Waals surface area contributed by atoms with E-state index in [1.807, 2.05) is 18.3 Å². The predicted molar refractivity (Wildman–Crippen MR) is 101 cm³/mol. The van der Waals surface area contributed by atoms with E-state index in [-0.39, 0.29) is 11.9 Å². The zero-order valence-corrected chi connectivity index (χ0v) is 15.2. The van der Waals surface area contributed by atoms with Crippen LogP contribution in [0.5, 0.6) is 0 Å². The Kier molecular flexibility index (Phi) is 4.61. The van der Waals surface area contributed by atoms with E-state index in [1.54, 1.807) is 18.3 Å². The molecule has 0 saturated carbocycles. The third-order valence-corrected chi connectivity index (χ3v) is 5.30. The molecule has 0 aliphatic carbocycles. The lowest BCUT2D eigenvalue weighted by Crippen LogP contribution is -2.32. The summed E-state index contributed by atoms with van der Waals surface area (Å²) in [5.41, 5.74) is 2.36. The van der Waals surface area contributed by atoms with E-state index in [2.05, 4.69) is 38.5 Å². The van der Waals surface area contributed by atoms with Gasteiger partial charge in [0.15, 0.2) is 5.69 Å². The minimum absolute atomic E-state index is 0.182. The number of rotatable bonds is 4. The monoisotopic (exact) mass is 369 g/mol. The molecular formula is C19H20ClN5O. The highest BCUT2D eigenvalue weighted by Crippen LogP contribution is 2.35. The molecule has 134 valence electrons. The fourth-order valence-electron chi connectivity index (χ4n) is 3.78. The summed E-state index contributed by atoms with van der Waals surface area (Å²) in [4.78, 5) is 19.2. The topological polar surface area (TPSA) is 73.9 Å². The zero-order chi connectivity index (χ0) is 18.1. The van der Waals surface area contributed by atoms with E-state index < -0.39 is 0 Å². The number of H-pyrrole nitrogens is 1. The molecular weight excluding hydrogens is 350 g/mol. The average molecular weight is 370 g/mol. The number of carbonyl (C=O) groups is 1. The van der Waals surface area contributed by atoms with Crippen LogP contribution in [0.1, 0.15) is 28.5 Å². The molecule has 0 radical (unpaired) electrons. The van der Waals surface area contributed by atoms with Crippen molar-refractivity contribution in [3.05, 3.63) is 59.0 Å². The number of nitrogens with zero attached hydrogens (tertiary/aromatic N) is 3. The number of aromatic nitrogens is 3. The maximum absolute atomic E-state index is 12.6. The molecule has 2 aromatic heterocycles. The first-order valence-corrected chi connectivity index (χ1v) is 9.03. The molecule has 1 fully saturated rings. The molecule has 0 spiro atoms. The lowest BCUT2D eigenvalue weighted by molar-refractivity contribution is 0.0940. The third kappa shape index (κ3) is 3.18. The van der Waals surface area contributed by atoms with Crippen LogP contribution in [0.25, 0.3) is 10.9 Å². The van der Waals surface area contributed by atoms with Gasteiger partial charge in [0, 0.05) is 35.4 Å². The van der Waals surface area contributed by atoms with Gasteiger partial charge in [-0.25, -0.2) is 0 Å². The summed E-state index contributed by atoms with van der Waals surface area (Å²) in [7, 11) is 2.11. The summed E-state index contributed by atoms with van der Waals surface area (Å²) >= 11 is 6.05. The van der Waals surface area contributed by atoms with E-state index in [0.717, 1.165) is 23.9 Å². The van der Waals surface area contributed by atoms with E-state index in [4.69, 9.17) is 11.6 Å². The molecule has 2 atom stereocenters. The third-order valence-electron chi connectivity index (χ3n) is 5.06. The Morgan fingerprint density at radius 2 is 2.31 bits per heavy atom. The first kappa shape index (κ1) is 17.0. The number of benzene rings is 1. The van der Waals surface area contributed by atoms with Crippen LogP contribution >= 0.6 is 11.6 Å². The molecule has 26 heavy (non-hydrogen) atoms. The van der Waals surface area contributed by atoms with Crippen molar-refractivity contribution in [3.8, 4) is 0 Å². The number of nitrogens with one attached hydrogen (secondary N) is 2. The molecule has 3 heterocycles. The molecule has 1 aromatic carbocycles. The Labute approximate surface area is 156 Å². The number of aromatic amines is 1. The van der Waals surface area contributed by atoms with Gasteiger partial charge >= 0.3 is 0 Å². The van der Waals surface area contributed by atoms with Crippen molar-refractivity contribution in [2.45, 2.75) is 12.5 Å². The summed E-state index contributed by atoms with van der Waals surface area (Å²) in [6.07, 6.45) is 4.72. The van der Waals surface area contributed by atoms with Gasteiger partial charge in [-0.3, -0.25) is 19.8 Å². The van der Waals surface area contributed by atoms with Gasteiger partial charge in [0.05, 0.1) is 5.52 Å². The van der Waals surface area contributed by atoms with Crippen LogP contribution in [0, 0.1) is 5.92 Å². The smallest absolute Gasteiger partial charge is 0.272 e. The summed E-state index contributed by atoms with van der Waals surface area (Å²) in [6.45, 7) is 1.60. The average Bonchev–Trinajstić information content (AvgIpc) is 3.23. The van der Waals surface area contributed by atoms with Gasteiger partial charge in [-0.1, -0.05) is 17.7 Å². The number of hydrogen-bond donors (Lipinski definition) is 2. The molecule has 6 nitrogen and oxygen atoms in total. The van der Waals surface area contributed by atoms with Crippen molar-refractivity contribution in [2.75, 3.05) is 20.1 Å². The second kappa shape index (κ2) is 7.05. The number of pyridine rings is 1. The van der Waals surface area contributed by atoms with Crippen LogP contribution in [-0.4, -0.2) is 46.1 Å². The Morgan fingerprint density at radius 1 is 1.42 bits per heavy atom. The van der Waals surface area contributed by atoms with Gasteiger partial charge in [0.2, 0.25) is 0 Å². The first-order valence-electron chi connectivity index (χ1n) is 8.65. The number of fused-ring (bicyclic) bond motifs is 1. The molecule has 0 unspecified atom stereocenters. The molecule has 4 rings (SSSR count). The SMILES string of the molecule is CN1CC[C@@H](CNC(=O)c2n[nH]c3ccc(Cl)cc23)[C@@H]1c1cccnc1. The highest BCUT2D eigenvalue weighted by Gasteiger charge is 2.33. The lowest BCUT2D eigenvalue weighted by atomic mass is 9.94. The second-order valence-electron chi connectivity index (χ2n) is 6.73. The van der Waals surface area contributed by atoms with Crippen molar-refractivity contribution in [1.29, 1.82) is 0 Å². The fraction of sp³-hybridized carbons (Fsp3) is 0.316. The molecule has 1 amide bonds. The van der Waals surface area contributed by atoms with E-state index in [0.29, 0.717) is 23.2 Å². The Bertz CT molecular complexity index is 926. The summed E-state index contributed by atoms with van der Waals surface area (Å²) in [5, 5.41) is 11.4. The van der Waals surface area contributed by atoms with Gasteiger partial charge in [0.1, 0.15) is 0 Å². The van der Waals surface area contributed by atoms with Crippen molar-refractivity contribution in [3.63, 3.8) is 0 Å². The van der Waals surface area contributed by atoms with Gasteiger partial charge < -0.3 is 5.32 Å². The molecule has 1 aliphatic rings. The molecule has 1 aliphatic heterocycles. The highest BCUT2D eigenvalue weighted by atomic mass is 35.5. The van der Waals surface area contributed by atoms with Crippen molar-refractivity contribution >= 4 is 28.4 Å². The van der Waals surface area contributed by atoms with Crippen LogP contribution in [-0.2, 0) is 0 Å². The maximum atomic E-state index is 12.6.